The van der Waals surface area contributed by atoms with Crippen LogP contribution >= 0.6 is 0 Å². The molecule has 3 rings (SSSR count). The molecule has 0 amide bonds. The number of nitro groups is 1. The minimum atomic E-state index is -3.53. The van der Waals surface area contributed by atoms with Crippen molar-refractivity contribution in [1.29, 1.82) is 0 Å². The van der Waals surface area contributed by atoms with E-state index in [0.29, 0.717) is 36.4 Å². The second-order valence-corrected chi connectivity index (χ2v) is 9.29. The van der Waals surface area contributed by atoms with E-state index in [-0.39, 0.29) is 37.0 Å². The Hall–Kier alpha value is -3.02. The molecule has 0 saturated carbocycles. The van der Waals surface area contributed by atoms with Crippen LogP contribution in [-0.2, 0) is 43.9 Å². The van der Waals surface area contributed by atoms with Gasteiger partial charge in [0.1, 0.15) is 12.4 Å². The van der Waals surface area contributed by atoms with Crippen molar-refractivity contribution in [3.63, 3.8) is 0 Å². The zero-order valence-electron chi connectivity index (χ0n) is 18.5. The van der Waals surface area contributed by atoms with Gasteiger partial charge in [-0.05, 0) is 24.1 Å². The first-order valence-electron chi connectivity index (χ1n) is 10.5. The molecule has 2 aromatic carbocycles. The zero-order chi connectivity index (χ0) is 24.0. The van der Waals surface area contributed by atoms with Gasteiger partial charge in [0, 0.05) is 42.8 Å². The molecule has 0 bridgehead atoms. The van der Waals surface area contributed by atoms with Gasteiger partial charge in [-0.1, -0.05) is 26.0 Å². The smallest absolute Gasteiger partial charge is 0.306 e. The molecule has 178 valence electrons. The monoisotopic (exact) mass is 478 g/mol. The molecule has 0 unspecified atom stereocenters. The van der Waals surface area contributed by atoms with Crippen LogP contribution in [0.15, 0.2) is 41.3 Å². The number of benzene rings is 2. The SMILES string of the molecule is CCN(CC)S(=O)(=O)c1ccc(CCC(=O)OCc2cc([N+](=O)[O-])cc3c2OCOC3)cc1. The van der Waals surface area contributed by atoms with Gasteiger partial charge in [-0.15, -0.1) is 0 Å². The van der Waals surface area contributed by atoms with Crippen molar-refractivity contribution in [2.75, 3.05) is 19.9 Å². The van der Waals surface area contributed by atoms with E-state index in [4.69, 9.17) is 14.2 Å². The molecule has 0 radical (unpaired) electrons. The first-order valence-corrected chi connectivity index (χ1v) is 12.0. The second kappa shape index (κ2) is 10.7. The normalized spacial score (nSPS) is 13.3. The van der Waals surface area contributed by atoms with Crippen molar-refractivity contribution in [1.82, 2.24) is 4.31 Å². The molecule has 0 aliphatic carbocycles. The predicted molar refractivity (Wildman–Crippen MR) is 118 cm³/mol. The fraction of sp³-hybridized carbons (Fsp3) is 0.409. The maximum Gasteiger partial charge on any atom is 0.306 e. The summed E-state index contributed by atoms with van der Waals surface area (Å²) in [5, 5.41) is 11.2. The molecule has 0 atom stereocenters. The largest absolute Gasteiger partial charge is 0.467 e. The number of carbonyl (C=O) groups is 1. The van der Waals surface area contributed by atoms with Gasteiger partial charge < -0.3 is 14.2 Å². The molecular formula is C22H26N2O8S. The summed E-state index contributed by atoms with van der Waals surface area (Å²) in [7, 11) is -3.53. The third-order valence-corrected chi connectivity index (χ3v) is 7.32. The second-order valence-electron chi connectivity index (χ2n) is 7.35. The molecule has 2 aromatic rings. The van der Waals surface area contributed by atoms with E-state index in [1.165, 1.54) is 28.6 Å². The number of nitrogens with zero attached hydrogens (tertiary/aromatic N) is 2. The lowest BCUT2D eigenvalue weighted by Gasteiger charge is -2.20. The average molecular weight is 479 g/mol. The molecule has 11 heteroatoms. The summed E-state index contributed by atoms with van der Waals surface area (Å²) < 4.78 is 42.4. The highest BCUT2D eigenvalue weighted by Gasteiger charge is 2.23. The number of ether oxygens (including phenoxy) is 3. The van der Waals surface area contributed by atoms with Crippen molar-refractivity contribution in [2.24, 2.45) is 0 Å². The maximum absolute atomic E-state index is 12.6. The van der Waals surface area contributed by atoms with Crippen LogP contribution in [0.1, 0.15) is 37.0 Å². The van der Waals surface area contributed by atoms with Crippen LogP contribution in [0.5, 0.6) is 5.75 Å². The van der Waals surface area contributed by atoms with E-state index < -0.39 is 20.9 Å². The van der Waals surface area contributed by atoms with E-state index in [2.05, 4.69) is 0 Å². The van der Waals surface area contributed by atoms with Gasteiger partial charge in [0.25, 0.3) is 5.69 Å². The summed E-state index contributed by atoms with van der Waals surface area (Å²) in [6.45, 7) is 4.37. The van der Waals surface area contributed by atoms with Crippen LogP contribution in [-0.4, -0.2) is 43.5 Å². The molecule has 10 nitrogen and oxygen atoms in total. The summed E-state index contributed by atoms with van der Waals surface area (Å²) in [5.41, 5.74) is 1.59. The number of non-ortho nitro benzene ring substituents is 1. The number of nitro benzene ring substituents is 1. The fourth-order valence-corrected chi connectivity index (χ4v) is 4.97. The number of fused-ring (bicyclic) bond motifs is 1. The zero-order valence-corrected chi connectivity index (χ0v) is 19.3. The lowest BCUT2D eigenvalue weighted by molar-refractivity contribution is -0.385. The molecule has 0 fully saturated rings. The number of esters is 1. The van der Waals surface area contributed by atoms with E-state index in [0.717, 1.165) is 5.56 Å². The standard InChI is InChI=1S/C22H26N2O8S/c1-3-23(4-2)33(28,29)20-8-5-16(6-9-20)7-10-21(25)31-14-18-12-19(24(26)27)11-17-13-30-15-32-22(17)18/h5-6,8-9,11-12H,3-4,7,10,13-15H2,1-2H3. The van der Waals surface area contributed by atoms with Crippen molar-refractivity contribution < 1.29 is 32.3 Å². The van der Waals surface area contributed by atoms with Crippen LogP contribution in [0.4, 0.5) is 5.69 Å². The number of hydrogen-bond donors (Lipinski definition) is 0. The Balaban J connectivity index is 1.59. The number of hydrogen-bond acceptors (Lipinski definition) is 8. The first kappa shape index (κ1) is 24.6. The molecule has 1 aliphatic heterocycles. The third kappa shape index (κ3) is 5.86. The maximum atomic E-state index is 12.6. The summed E-state index contributed by atoms with van der Waals surface area (Å²) >= 11 is 0. The number of aryl methyl sites for hydroxylation is 1. The fourth-order valence-electron chi connectivity index (χ4n) is 3.51. The topological polar surface area (TPSA) is 125 Å². The molecule has 0 aromatic heterocycles. The summed E-state index contributed by atoms with van der Waals surface area (Å²) in [5.74, 6) is -0.0493. The Morgan fingerprint density at radius 1 is 1.18 bits per heavy atom. The average Bonchev–Trinajstić information content (AvgIpc) is 2.81. The van der Waals surface area contributed by atoms with Gasteiger partial charge in [-0.25, -0.2) is 8.42 Å². The van der Waals surface area contributed by atoms with Crippen molar-refractivity contribution in [3.05, 3.63) is 63.2 Å². The van der Waals surface area contributed by atoms with Gasteiger partial charge in [0.15, 0.2) is 6.79 Å². The summed E-state index contributed by atoms with van der Waals surface area (Å²) in [4.78, 5) is 23.1. The van der Waals surface area contributed by atoms with Gasteiger partial charge in [-0.2, -0.15) is 4.31 Å². The van der Waals surface area contributed by atoms with E-state index in [9.17, 15) is 23.3 Å². The highest BCUT2D eigenvalue weighted by molar-refractivity contribution is 7.89. The Labute approximate surface area is 192 Å². The molecule has 1 aliphatic rings. The minimum Gasteiger partial charge on any atom is -0.467 e. The van der Waals surface area contributed by atoms with Crippen LogP contribution in [0.25, 0.3) is 0 Å². The lowest BCUT2D eigenvalue weighted by atomic mass is 10.1. The molecule has 0 N–H and O–H groups in total. The Morgan fingerprint density at radius 3 is 2.52 bits per heavy atom. The van der Waals surface area contributed by atoms with Gasteiger partial charge in [-0.3, -0.25) is 14.9 Å². The van der Waals surface area contributed by atoms with Crippen LogP contribution in [0.3, 0.4) is 0 Å². The number of carbonyl (C=O) groups excluding carboxylic acids is 1. The highest BCUT2D eigenvalue weighted by atomic mass is 32.2. The molecule has 33 heavy (non-hydrogen) atoms. The molecular weight excluding hydrogens is 452 g/mol. The predicted octanol–water partition coefficient (Wildman–Crippen LogP) is 3.17. The van der Waals surface area contributed by atoms with Crippen LogP contribution in [0.2, 0.25) is 0 Å². The summed E-state index contributed by atoms with van der Waals surface area (Å²) in [6.07, 6.45) is 0.436. The molecule has 1 heterocycles. The van der Waals surface area contributed by atoms with Crippen LogP contribution in [0, 0.1) is 10.1 Å². The number of rotatable bonds is 10. The van der Waals surface area contributed by atoms with Crippen molar-refractivity contribution >= 4 is 21.7 Å². The Kier molecular flexibility index (Phi) is 8.01. The lowest BCUT2D eigenvalue weighted by Crippen LogP contribution is -2.30. The number of sulfonamides is 1. The molecule has 0 spiro atoms. The molecule has 0 saturated heterocycles. The third-order valence-electron chi connectivity index (χ3n) is 5.26. The quantitative estimate of drug-likeness (QED) is 0.290. The highest BCUT2D eigenvalue weighted by Crippen LogP contribution is 2.33. The first-order chi connectivity index (χ1) is 15.8. The Bertz CT molecular complexity index is 1110. The van der Waals surface area contributed by atoms with Gasteiger partial charge in [0.05, 0.1) is 16.4 Å². The van der Waals surface area contributed by atoms with Crippen LogP contribution < -0.4 is 4.74 Å². The van der Waals surface area contributed by atoms with Gasteiger partial charge in [0.2, 0.25) is 10.0 Å². The Morgan fingerprint density at radius 2 is 1.88 bits per heavy atom. The van der Waals surface area contributed by atoms with E-state index in [1.54, 1.807) is 26.0 Å². The van der Waals surface area contributed by atoms with Gasteiger partial charge >= 0.3 is 5.97 Å². The van der Waals surface area contributed by atoms with Crippen molar-refractivity contribution in [3.8, 4) is 5.75 Å². The minimum absolute atomic E-state index is 0.0196. The summed E-state index contributed by atoms with van der Waals surface area (Å²) in [6, 6.07) is 9.12. The van der Waals surface area contributed by atoms with E-state index >= 15 is 0 Å². The van der Waals surface area contributed by atoms with Crippen molar-refractivity contribution in [2.45, 2.75) is 44.8 Å². The van der Waals surface area contributed by atoms with E-state index in [1.807, 2.05) is 0 Å².